The van der Waals surface area contributed by atoms with Crippen molar-refractivity contribution in [3.05, 3.63) is 247 Å². The van der Waals surface area contributed by atoms with Crippen LogP contribution in [0.3, 0.4) is 0 Å². The minimum atomic E-state index is -4.45. The molecule has 10 rings (SSSR count). The van der Waals surface area contributed by atoms with E-state index in [1.54, 1.807) is 22.3 Å². The van der Waals surface area contributed by atoms with Gasteiger partial charge in [-0.1, -0.05) is 0 Å². The molecule has 70 heavy (non-hydrogen) atoms. The van der Waals surface area contributed by atoms with E-state index in [1.165, 1.54) is 111 Å². The van der Waals surface area contributed by atoms with Gasteiger partial charge in [0.25, 0.3) is 0 Å². The molecule has 8 aromatic rings. The molecule has 0 aliphatic heterocycles. The third-order valence-electron chi connectivity index (χ3n) is 15.7. The van der Waals surface area contributed by atoms with Crippen molar-refractivity contribution in [3.8, 4) is 44.5 Å². The topological polar surface area (TPSA) is 0 Å². The Hall–Kier alpha value is -5.66. The van der Waals surface area contributed by atoms with Gasteiger partial charge in [-0.25, -0.2) is 0 Å². The summed E-state index contributed by atoms with van der Waals surface area (Å²) in [4.78, 5) is 0. The van der Waals surface area contributed by atoms with Gasteiger partial charge in [0.1, 0.15) is 0 Å². The zero-order valence-corrected chi connectivity index (χ0v) is 47.2. The first-order valence-electron chi connectivity index (χ1n) is 25.7. The molecule has 0 heterocycles. The molecule has 0 N–H and O–H groups in total. The first-order chi connectivity index (χ1) is 33.5. The molecule has 0 nitrogen and oxygen atoms in total. The van der Waals surface area contributed by atoms with Crippen LogP contribution in [0.5, 0.6) is 0 Å². The second-order valence-corrected chi connectivity index (χ2v) is 53.2. The monoisotopic (exact) mass is 1000 g/mol. The fourth-order valence-electron chi connectivity index (χ4n) is 13.3. The fourth-order valence-corrected chi connectivity index (χ4v) is 32.9. The van der Waals surface area contributed by atoms with Gasteiger partial charge in [0.05, 0.1) is 0 Å². The predicted molar refractivity (Wildman–Crippen MR) is 304 cm³/mol. The molecule has 2 aliphatic carbocycles. The standard InChI is InChI=1S/2C33H31.2CH3.H2Si.Zr/c2*1-22-14-23(2)17-28(16-22)30-12-13-31(29-18-24(3)15-25(4)19-29)33-21-27(20-32(30)33)11-10-26-8-6-5-7-9-26;;;;/h2*5-9,12-21H,10-11H2,1-4H3;2*1H3;1H2;. The number of fused-ring (bicyclic) bond motifs is 2. The van der Waals surface area contributed by atoms with Crippen molar-refractivity contribution in [2.45, 2.75) is 97.6 Å². The molecule has 2 atom stereocenters. The average Bonchev–Trinajstić information content (AvgIpc) is 3.90. The second kappa shape index (κ2) is 18.8. The Morgan fingerprint density at radius 1 is 0.343 bits per heavy atom. The van der Waals surface area contributed by atoms with E-state index in [0.29, 0.717) is 7.25 Å². The van der Waals surface area contributed by atoms with E-state index in [-0.39, 0.29) is 0 Å². The van der Waals surface area contributed by atoms with Gasteiger partial charge in [0.15, 0.2) is 0 Å². The SMILES string of the molecule is Cc1cc(C)cc(-c2ccc(-c3cc(C)cc(C)c3)c3c2C=C(CCc2ccccc2)[CH]3[Zr]([CH3])([CH3])(=[SiH2])[CH]2C(CCc3ccccc3)=Cc3c(-c4cc(C)cc(C)c4)ccc(-c4cc(C)cc(C)c4)c32)c1. The molecule has 0 fully saturated rings. The van der Waals surface area contributed by atoms with Crippen LogP contribution in [-0.2, 0) is 30.2 Å². The number of rotatable bonds is 12. The Morgan fingerprint density at radius 2 is 0.614 bits per heavy atom. The van der Waals surface area contributed by atoms with Crippen molar-refractivity contribution in [3.63, 3.8) is 0 Å². The summed E-state index contributed by atoms with van der Waals surface area (Å²) in [7, 11) is 0. The molecule has 0 amide bonds. The molecule has 2 aliphatic rings. The predicted octanol–water partition coefficient (Wildman–Crippen LogP) is 18.0. The summed E-state index contributed by atoms with van der Waals surface area (Å²) >= 11 is -4.45. The molecular formula is C68H70SiZr. The average molecular weight is 1010 g/mol. The van der Waals surface area contributed by atoms with Gasteiger partial charge >= 0.3 is 425 Å². The zero-order chi connectivity index (χ0) is 49.1. The van der Waals surface area contributed by atoms with E-state index >= 15 is 0 Å². The summed E-state index contributed by atoms with van der Waals surface area (Å²) in [6.07, 6.45) is 9.53. The summed E-state index contributed by atoms with van der Waals surface area (Å²) < 4.78 is 6.37. The Balaban J connectivity index is 1.29. The van der Waals surface area contributed by atoms with E-state index in [1.807, 2.05) is 0 Å². The van der Waals surface area contributed by atoms with Gasteiger partial charge in [-0.3, -0.25) is 0 Å². The molecule has 2 heteroatoms. The second-order valence-electron chi connectivity index (χ2n) is 22.7. The number of benzene rings is 8. The Morgan fingerprint density at radius 3 is 0.914 bits per heavy atom. The molecule has 2 unspecified atom stereocenters. The van der Waals surface area contributed by atoms with E-state index < -0.39 is 17.4 Å². The normalized spacial score (nSPS) is 15.4. The number of allylic oxidation sites excluding steroid dienone is 2. The van der Waals surface area contributed by atoms with Gasteiger partial charge < -0.3 is 0 Å². The van der Waals surface area contributed by atoms with Gasteiger partial charge in [-0.15, -0.1) is 0 Å². The van der Waals surface area contributed by atoms with Gasteiger partial charge in [0.2, 0.25) is 0 Å². The third-order valence-corrected chi connectivity index (χ3v) is 33.1. The molecule has 0 bridgehead atoms. The summed E-state index contributed by atoms with van der Waals surface area (Å²) in [5, 5.41) is 0. The summed E-state index contributed by atoms with van der Waals surface area (Å²) in [5.41, 5.74) is 33.5. The van der Waals surface area contributed by atoms with Crippen molar-refractivity contribution in [1.29, 1.82) is 0 Å². The third kappa shape index (κ3) is 9.36. The van der Waals surface area contributed by atoms with Crippen molar-refractivity contribution < 1.29 is 17.4 Å². The Bertz CT molecular complexity index is 3180. The van der Waals surface area contributed by atoms with Crippen molar-refractivity contribution in [1.82, 2.24) is 0 Å². The van der Waals surface area contributed by atoms with Crippen LogP contribution in [0.25, 0.3) is 56.7 Å². The zero-order valence-electron chi connectivity index (χ0n) is 43.4. The van der Waals surface area contributed by atoms with Crippen molar-refractivity contribution >= 4 is 19.0 Å². The molecule has 0 aromatic heterocycles. The molecule has 0 saturated heterocycles. The quantitative estimate of drug-likeness (QED) is 0.107. The van der Waals surface area contributed by atoms with Crippen molar-refractivity contribution in [2.24, 2.45) is 0 Å². The van der Waals surface area contributed by atoms with E-state index in [0.717, 1.165) is 25.7 Å². The van der Waals surface area contributed by atoms with Crippen LogP contribution in [-0.4, -0.2) is 6.88 Å². The Labute approximate surface area is 422 Å². The molecule has 0 saturated carbocycles. The molecule has 8 aromatic carbocycles. The maximum absolute atomic E-state index is 4.45. The van der Waals surface area contributed by atoms with Gasteiger partial charge in [-0.2, -0.15) is 0 Å². The van der Waals surface area contributed by atoms with Gasteiger partial charge in [0, 0.05) is 0 Å². The van der Waals surface area contributed by atoms with Crippen LogP contribution in [0.2, 0.25) is 9.26 Å². The van der Waals surface area contributed by atoms with Crippen LogP contribution >= 0.6 is 0 Å². The van der Waals surface area contributed by atoms with E-state index in [9.17, 15) is 0 Å². The fraction of sp³-hybridized carbons (Fsp3) is 0.235. The minimum absolute atomic E-state index is 0.299. The number of hydrogen-bond donors (Lipinski definition) is 0. The first kappa shape index (κ1) is 48.0. The first-order valence-corrected chi connectivity index (χ1v) is 39.4. The summed E-state index contributed by atoms with van der Waals surface area (Å²) in [6, 6.07) is 61.3. The van der Waals surface area contributed by atoms with Crippen LogP contribution < -0.4 is 0 Å². The number of aryl methyl sites for hydroxylation is 10. The van der Waals surface area contributed by atoms with Crippen LogP contribution in [0.1, 0.15) is 98.0 Å². The van der Waals surface area contributed by atoms with E-state index in [2.05, 4.69) is 241 Å². The van der Waals surface area contributed by atoms with Crippen molar-refractivity contribution in [2.75, 3.05) is 0 Å². The molecule has 0 spiro atoms. The van der Waals surface area contributed by atoms with E-state index in [4.69, 9.17) is 0 Å². The van der Waals surface area contributed by atoms with Crippen LogP contribution in [0, 0.1) is 55.4 Å². The molecular weight excluding hydrogens is 936 g/mol. The Kier molecular flexibility index (Phi) is 12.9. The summed E-state index contributed by atoms with van der Waals surface area (Å²) in [6.45, 7) is 20.6. The maximum atomic E-state index is 2.88. The molecule has 350 valence electrons. The molecule has 0 radical (unpaired) electrons. The van der Waals surface area contributed by atoms with Crippen LogP contribution in [0.15, 0.2) is 169 Å². The van der Waals surface area contributed by atoms with Gasteiger partial charge in [-0.05, 0) is 0 Å². The summed E-state index contributed by atoms with van der Waals surface area (Å²) in [5.74, 6) is 0. The number of hydrogen-bond acceptors (Lipinski definition) is 0. The van der Waals surface area contributed by atoms with Crippen LogP contribution in [0.4, 0.5) is 0 Å².